The summed E-state index contributed by atoms with van der Waals surface area (Å²) in [7, 11) is 1.23. The van der Waals surface area contributed by atoms with Gasteiger partial charge in [0.15, 0.2) is 23.2 Å². The Bertz CT molecular complexity index is 874. The molecule has 4 nitrogen and oxygen atoms in total. The Balaban J connectivity index is 1.86. The first kappa shape index (κ1) is 19.2. The van der Waals surface area contributed by atoms with Crippen LogP contribution in [0, 0.1) is 23.3 Å². The zero-order valence-electron chi connectivity index (χ0n) is 14.4. The van der Waals surface area contributed by atoms with Gasteiger partial charge in [-0.05, 0) is 54.3 Å². The third-order valence-electron chi connectivity index (χ3n) is 4.79. The smallest absolute Gasteiger partial charge is 0.325 e. The number of methoxy groups -OCH3 is 1. The third kappa shape index (κ3) is 3.75. The van der Waals surface area contributed by atoms with E-state index in [1.165, 1.54) is 19.2 Å². The van der Waals surface area contributed by atoms with Gasteiger partial charge in [0.2, 0.25) is 5.82 Å². The van der Waals surface area contributed by atoms with Crippen LogP contribution in [0.4, 0.5) is 17.6 Å². The molecule has 2 aromatic rings. The van der Waals surface area contributed by atoms with Crippen LogP contribution in [-0.2, 0) is 4.79 Å². The number of hydrogen-bond acceptors (Lipinski definition) is 3. The van der Waals surface area contributed by atoms with Gasteiger partial charge in [-0.15, -0.1) is 0 Å². The Morgan fingerprint density at radius 2 is 1.89 bits per heavy atom. The Labute approximate surface area is 153 Å². The zero-order valence-corrected chi connectivity index (χ0v) is 14.4. The van der Waals surface area contributed by atoms with E-state index in [1.54, 1.807) is 4.90 Å². The van der Waals surface area contributed by atoms with Gasteiger partial charge in [-0.3, -0.25) is 9.69 Å². The fraction of sp³-hybridized carbons (Fsp3) is 0.316. The number of nitrogens with zero attached hydrogens (tertiary/aromatic N) is 1. The molecular weight excluding hydrogens is 366 g/mol. The first-order chi connectivity index (χ1) is 12.8. The van der Waals surface area contributed by atoms with Crippen LogP contribution in [0.1, 0.15) is 29.5 Å². The molecule has 0 aromatic heterocycles. The molecule has 1 aliphatic heterocycles. The number of rotatable bonds is 5. The SMILES string of the molecule is COc1cc(C2CCN(C(C(=O)O)c3ccc(F)c(F)c3)C2)cc(F)c1F. The lowest BCUT2D eigenvalue weighted by Gasteiger charge is -2.25. The number of halogens is 4. The zero-order chi connectivity index (χ0) is 19.7. The van der Waals surface area contributed by atoms with Gasteiger partial charge >= 0.3 is 5.97 Å². The van der Waals surface area contributed by atoms with Gasteiger partial charge < -0.3 is 9.84 Å². The van der Waals surface area contributed by atoms with Crippen LogP contribution < -0.4 is 4.74 Å². The molecule has 1 heterocycles. The summed E-state index contributed by atoms with van der Waals surface area (Å²) in [5, 5.41) is 9.58. The first-order valence-corrected chi connectivity index (χ1v) is 8.26. The second-order valence-corrected chi connectivity index (χ2v) is 6.41. The van der Waals surface area contributed by atoms with Crippen molar-refractivity contribution in [2.24, 2.45) is 0 Å². The molecular formula is C19H17F4NO3. The second kappa shape index (κ2) is 7.56. The summed E-state index contributed by atoms with van der Waals surface area (Å²) >= 11 is 0. The monoisotopic (exact) mass is 383 g/mol. The van der Waals surface area contributed by atoms with Crippen LogP contribution in [0.5, 0.6) is 5.75 Å². The molecule has 0 aliphatic carbocycles. The first-order valence-electron chi connectivity index (χ1n) is 8.26. The standard InChI is InChI=1S/C19H17F4NO3/c1-27-16-8-12(7-15(22)17(16)23)11-4-5-24(9-11)18(19(25)26)10-2-3-13(20)14(21)6-10/h2-3,6-8,11,18H,4-5,9H2,1H3,(H,25,26). The number of benzene rings is 2. The average molecular weight is 383 g/mol. The lowest BCUT2D eigenvalue weighted by atomic mass is 9.97. The topological polar surface area (TPSA) is 49.8 Å². The molecule has 0 saturated carbocycles. The van der Waals surface area contributed by atoms with Gasteiger partial charge in [-0.1, -0.05) is 6.07 Å². The Morgan fingerprint density at radius 1 is 1.15 bits per heavy atom. The molecule has 1 saturated heterocycles. The molecule has 2 unspecified atom stereocenters. The molecule has 1 aliphatic rings. The van der Waals surface area contributed by atoms with Crippen LogP contribution in [0.25, 0.3) is 0 Å². The number of ether oxygens (including phenoxy) is 1. The molecule has 1 N–H and O–H groups in total. The van der Waals surface area contributed by atoms with E-state index in [1.807, 2.05) is 0 Å². The van der Waals surface area contributed by atoms with Crippen molar-refractivity contribution >= 4 is 5.97 Å². The summed E-state index contributed by atoms with van der Waals surface area (Å²) in [6, 6.07) is 4.26. The number of hydrogen-bond donors (Lipinski definition) is 1. The Morgan fingerprint density at radius 3 is 2.52 bits per heavy atom. The van der Waals surface area contributed by atoms with Crippen molar-refractivity contribution in [3.8, 4) is 5.75 Å². The Kier molecular flexibility index (Phi) is 5.36. The van der Waals surface area contributed by atoms with Crippen LogP contribution in [0.3, 0.4) is 0 Å². The molecule has 27 heavy (non-hydrogen) atoms. The van der Waals surface area contributed by atoms with Crippen molar-refractivity contribution in [2.45, 2.75) is 18.4 Å². The van der Waals surface area contributed by atoms with Crippen LogP contribution >= 0.6 is 0 Å². The van der Waals surface area contributed by atoms with Crippen LogP contribution in [-0.4, -0.2) is 36.2 Å². The highest BCUT2D eigenvalue weighted by atomic mass is 19.2. The lowest BCUT2D eigenvalue weighted by Crippen LogP contribution is -2.32. The van der Waals surface area contributed by atoms with Crippen molar-refractivity contribution < 1.29 is 32.2 Å². The molecule has 8 heteroatoms. The lowest BCUT2D eigenvalue weighted by molar-refractivity contribution is -0.143. The molecule has 0 radical (unpaired) electrons. The van der Waals surface area contributed by atoms with E-state index >= 15 is 0 Å². The van der Waals surface area contributed by atoms with Crippen molar-refractivity contribution in [2.75, 3.05) is 20.2 Å². The summed E-state index contributed by atoms with van der Waals surface area (Å²) in [5.74, 6) is -5.99. The third-order valence-corrected chi connectivity index (χ3v) is 4.79. The maximum absolute atomic E-state index is 13.8. The van der Waals surface area contributed by atoms with Crippen molar-refractivity contribution in [3.05, 3.63) is 64.7 Å². The van der Waals surface area contributed by atoms with Gasteiger partial charge in [-0.25, -0.2) is 13.2 Å². The molecule has 0 bridgehead atoms. The number of carbonyl (C=O) groups is 1. The Hall–Kier alpha value is -2.61. The maximum atomic E-state index is 13.8. The van der Waals surface area contributed by atoms with Crippen molar-refractivity contribution in [1.82, 2.24) is 4.90 Å². The fourth-order valence-corrected chi connectivity index (χ4v) is 3.45. The summed E-state index contributed by atoms with van der Waals surface area (Å²) in [4.78, 5) is 13.3. The highest BCUT2D eigenvalue weighted by Gasteiger charge is 2.35. The van der Waals surface area contributed by atoms with Gasteiger partial charge in [0.1, 0.15) is 6.04 Å². The van der Waals surface area contributed by atoms with E-state index in [0.29, 0.717) is 18.5 Å². The number of aliphatic carboxylic acids is 1. The number of carboxylic acid groups (broad SMARTS) is 1. The van der Waals surface area contributed by atoms with Gasteiger partial charge in [0, 0.05) is 6.54 Å². The van der Waals surface area contributed by atoms with Crippen LogP contribution in [0.2, 0.25) is 0 Å². The minimum absolute atomic E-state index is 0.116. The molecule has 2 aromatic carbocycles. The highest BCUT2D eigenvalue weighted by Crippen LogP contribution is 2.36. The van der Waals surface area contributed by atoms with Gasteiger partial charge in [0.05, 0.1) is 7.11 Å². The summed E-state index contributed by atoms with van der Waals surface area (Å²) < 4.78 is 58.9. The fourth-order valence-electron chi connectivity index (χ4n) is 3.45. The van der Waals surface area contributed by atoms with Gasteiger partial charge in [0.25, 0.3) is 0 Å². The van der Waals surface area contributed by atoms with E-state index in [2.05, 4.69) is 0 Å². The largest absolute Gasteiger partial charge is 0.494 e. The van der Waals surface area contributed by atoms with E-state index in [-0.39, 0.29) is 23.8 Å². The van der Waals surface area contributed by atoms with E-state index in [0.717, 1.165) is 18.2 Å². The van der Waals surface area contributed by atoms with Gasteiger partial charge in [-0.2, -0.15) is 4.39 Å². The minimum Gasteiger partial charge on any atom is -0.494 e. The minimum atomic E-state index is -1.20. The summed E-state index contributed by atoms with van der Waals surface area (Å²) in [6.07, 6.45) is 0.502. The number of likely N-dealkylation sites (tertiary alicyclic amines) is 1. The highest BCUT2D eigenvalue weighted by molar-refractivity contribution is 5.75. The summed E-state index contributed by atoms with van der Waals surface area (Å²) in [5.41, 5.74) is 0.604. The molecule has 0 spiro atoms. The summed E-state index contributed by atoms with van der Waals surface area (Å²) in [6.45, 7) is 0.589. The van der Waals surface area contributed by atoms with E-state index in [4.69, 9.17) is 4.74 Å². The van der Waals surface area contributed by atoms with Crippen molar-refractivity contribution in [3.63, 3.8) is 0 Å². The predicted octanol–water partition coefficient (Wildman–Crippen LogP) is 3.87. The second-order valence-electron chi connectivity index (χ2n) is 6.41. The quantitative estimate of drug-likeness (QED) is 0.797. The molecule has 0 amide bonds. The number of carboxylic acids is 1. The molecule has 144 valence electrons. The molecule has 2 atom stereocenters. The van der Waals surface area contributed by atoms with E-state index < -0.39 is 35.3 Å². The maximum Gasteiger partial charge on any atom is 0.325 e. The molecule has 3 rings (SSSR count). The van der Waals surface area contributed by atoms with Crippen molar-refractivity contribution in [1.29, 1.82) is 0 Å². The van der Waals surface area contributed by atoms with E-state index in [9.17, 15) is 27.5 Å². The molecule has 1 fully saturated rings. The normalized spacial score (nSPS) is 18.5. The predicted molar refractivity (Wildman–Crippen MR) is 88.6 cm³/mol. The van der Waals surface area contributed by atoms with Crippen LogP contribution in [0.15, 0.2) is 30.3 Å². The average Bonchev–Trinajstić information content (AvgIpc) is 3.09.